The molecule has 2 bridgehead atoms. The van der Waals surface area contributed by atoms with Crippen LogP contribution in [0.1, 0.15) is 48.7 Å². The Morgan fingerprint density at radius 3 is 2.63 bits per heavy atom. The first-order chi connectivity index (χ1) is 19.9. The second-order valence-electron chi connectivity index (χ2n) is 10.9. The molecule has 0 aliphatic carbocycles. The predicted octanol–water partition coefficient (Wildman–Crippen LogP) is 4.51. The number of methoxy groups -OCH3 is 1. The number of aliphatic hydroxyl groups excluding tert-OH is 1. The largest absolute Gasteiger partial charge is 0.497 e. The average molecular weight is 560 g/mol. The number of likely N-dealkylation sites (N-methyl/N-ethyl adjacent to an activating group) is 1. The molecule has 8 nitrogen and oxygen atoms in total. The maximum Gasteiger partial charge on any atom is 0.251 e. The van der Waals surface area contributed by atoms with Crippen LogP contribution in [0.15, 0.2) is 67.4 Å². The monoisotopic (exact) mass is 559 g/mol. The molecule has 4 heterocycles. The highest BCUT2D eigenvalue weighted by atomic mass is 16.5. The number of fused-ring (bicyclic) bond motifs is 4. The number of aliphatic hydroxyl groups is 1. The summed E-state index contributed by atoms with van der Waals surface area (Å²) in [6.45, 7) is 13.9. The molecule has 6 rings (SSSR count). The van der Waals surface area contributed by atoms with Crippen molar-refractivity contribution in [2.75, 3.05) is 52.1 Å². The number of hydrogen-bond acceptors (Lipinski definition) is 7. The summed E-state index contributed by atoms with van der Waals surface area (Å²) in [5.74, 6) is 1.96. The molecule has 1 aromatic heterocycles. The third-order valence-corrected chi connectivity index (χ3v) is 8.60. The predicted molar refractivity (Wildman–Crippen MR) is 166 cm³/mol. The number of anilines is 1. The molecule has 0 radical (unpaired) electrons. The summed E-state index contributed by atoms with van der Waals surface area (Å²) in [5, 5.41) is 15.0. The topological polar surface area (TPSA) is 104 Å². The van der Waals surface area contributed by atoms with E-state index in [1.807, 2.05) is 24.3 Å². The summed E-state index contributed by atoms with van der Waals surface area (Å²) >= 11 is 0. The lowest BCUT2D eigenvalue weighted by Crippen LogP contribution is -2.54. The Balaban J connectivity index is 0.000000202. The first-order valence-corrected chi connectivity index (χ1v) is 14.7. The van der Waals surface area contributed by atoms with Crippen molar-refractivity contribution in [3.05, 3.63) is 78.5 Å². The Labute approximate surface area is 244 Å². The van der Waals surface area contributed by atoms with Gasteiger partial charge in [0.15, 0.2) is 0 Å². The van der Waals surface area contributed by atoms with Crippen molar-refractivity contribution in [3.8, 4) is 5.75 Å². The van der Waals surface area contributed by atoms with Gasteiger partial charge in [0.25, 0.3) is 5.91 Å². The van der Waals surface area contributed by atoms with Crippen molar-refractivity contribution in [3.63, 3.8) is 0 Å². The number of hydrogen-bond donors (Lipinski definition) is 3. The van der Waals surface area contributed by atoms with Crippen LogP contribution in [0, 0.1) is 11.8 Å². The van der Waals surface area contributed by atoms with Gasteiger partial charge in [-0.05, 0) is 98.4 Å². The summed E-state index contributed by atoms with van der Waals surface area (Å²) in [6.07, 6.45) is 5.62. The van der Waals surface area contributed by atoms with E-state index in [-0.39, 0.29) is 11.9 Å². The molecule has 0 spiro atoms. The lowest BCUT2D eigenvalue weighted by molar-refractivity contribution is -0.0444. The van der Waals surface area contributed by atoms with Crippen molar-refractivity contribution < 1.29 is 14.6 Å². The molecule has 3 saturated heterocycles. The number of rotatable bonds is 10. The van der Waals surface area contributed by atoms with Gasteiger partial charge in [0.05, 0.1) is 18.7 Å². The van der Waals surface area contributed by atoms with Crippen LogP contribution < -0.4 is 15.8 Å². The molecule has 2 aromatic carbocycles. The van der Waals surface area contributed by atoms with Gasteiger partial charge in [-0.15, -0.1) is 6.58 Å². The van der Waals surface area contributed by atoms with Crippen LogP contribution >= 0.6 is 0 Å². The number of carbonyl (C=O) groups is 1. The third kappa shape index (κ3) is 7.44. The van der Waals surface area contributed by atoms with E-state index in [1.165, 1.54) is 6.42 Å². The average Bonchev–Trinajstić information content (AvgIpc) is 3.02. The number of nitrogens with one attached hydrogen (secondary N) is 1. The third-order valence-electron chi connectivity index (χ3n) is 8.60. The highest BCUT2D eigenvalue weighted by Crippen LogP contribution is 2.42. The zero-order valence-corrected chi connectivity index (χ0v) is 24.6. The molecule has 8 heteroatoms. The quantitative estimate of drug-likeness (QED) is 0.248. The van der Waals surface area contributed by atoms with Gasteiger partial charge in [-0.25, -0.2) is 0 Å². The maximum atomic E-state index is 11.7. The van der Waals surface area contributed by atoms with Gasteiger partial charge >= 0.3 is 0 Å². The zero-order chi connectivity index (χ0) is 29.4. The molecule has 1 amide bonds. The number of nitrogens with zero attached hydrogens (tertiary/aromatic N) is 3. The highest BCUT2D eigenvalue weighted by Gasteiger charge is 2.42. The minimum atomic E-state index is -0.504. The van der Waals surface area contributed by atoms with Gasteiger partial charge in [-0.2, -0.15) is 0 Å². The number of carbonyl (C=O) groups excluding carboxylic acids is 1. The second kappa shape index (κ2) is 14.4. The standard InChI is InChI=1S/C20H24N2O2.C13H21N3O/c1-3-13-12-22-9-7-14(13)10-19(22)20(23)16-6-8-21-18-5-4-15(24-2)11-17(16)18;1-3-16(4-2)10-9-15-13(17)11-5-7-12(14)8-6-11/h3-6,8,11,13-14,19-20,23H,1,7,9-10,12H2,2H3;5-8H,3-4,9-10,14H2,1-2H3,(H,15,17)/t13-,14-,19+,20-;/m0./s1. The summed E-state index contributed by atoms with van der Waals surface area (Å²) < 4.78 is 5.35. The number of aromatic nitrogens is 1. The minimum absolute atomic E-state index is 0.0443. The molecule has 41 heavy (non-hydrogen) atoms. The minimum Gasteiger partial charge on any atom is -0.497 e. The number of nitrogens with two attached hydrogens (primary N) is 1. The van der Waals surface area contributed by atoms with E-state index in [9.17, 15) is 9.90 Å². The van der Waals surface area contributed by atoms with E-state index in [1.54, 1.807) is 37.6 Å². The molecule has 3 aliphatic rings. The molecule has 5 atom stereocenters. The Kier molecular flexibility index (Phi) is 10.7. The first kappa shape index (κ1) is 30.5. The van der Waals surface area contributed by atoms with Crippen LogP contribution in [0.2, 0.25) is 0 Å². The molecular weight excluding hydrogens is 514 g/mol. The summed E-state index contributed by atoms with van der Waals surface area (Å²) in [7, 11) is 1.66. The van der Waals surface area contributed by atoms with Crippen LogP contribution in [0.4, 0.5) is 5.69 Å². The van der Waals surface area contributed by atoms with E-state index in [2.05, 4.69) is 46.6 Å². The van der Waals surface area contributed by atoms with Crippen molar-refractivity contribution in [2.45, 2.75) is 38.8 Å². The van der Waals surface area contributed by atoms with Gasteiger partial charge in [0.1, 0.15) is 5.75 Å². The van der Waals surface area contributed by atoms with Crippen LogP contribution in [0.3, 0.4) is 0 Å². The van der Waals surface area contributed by atoms with Crippen LogP contribution in [-0.4, -0.2) is 78.2 Å². The lowest BCUT2D eigenvalue weighted by Gasteiger charge is -2.50. The molecule has 3 aromatic rings. The van der Waals surface area contributed by atoms with Gasteiger partial charge in [-0.3, -0.25) is 14.7 Å². The van der Waals surface area contributed by atoms with E-state index >= 15 is 0 Å². The van der Waals surface area contributed by atoms with Gasteiger partial charge in [0, 0.05) is 48.5 Å². The fraction of sp³-hybridized carbons (Fsp3) is 0.455. The Hall–Kier alpha value is -3.46. The summed E-state index contributed by atoms with van der Waals surface area (Å²) in [6, 6.07) is 14.9. The number of nitrogen functional groups attached to an aromatic ring is 1. The number of piperidine rings is 3. The van der Waals surface area contributed by atoms with Crippen LogP contribution in [0.5, 0.6) is 5.75 Å². The van der Waals surface area contributed by atoms with E-state index in [0.29, 0.717) is 29.6 Å². The van der Waals surface area contributed by atoms with Gasteiger partial charge < -0.3 is 25.8 Å². The number of benzene rings is 2. The normalized spacial score (nSPS) is 22.1. The maximum absolute atomic E-state index is 11.7. The van der Waals surface area contributed by atoms with Crippen molar-refractivity contribution in [1.29, 1.82) is 0 Å². The number of pyridine rings is 1. The van der Waals surface area contributed by atoms with Crippen LogP contribution in [-0.2, 0) is 0 Å². The first-order valence-electron chi connectivity index (χ1n) is 14.7. The molecule has 220 valence electrons. The smallest absolute Gasteiger partial charge is 0.251 e. The van der Waals surface area contributed by atoms with Crippen molar-refractivity contribution in [2.24, 2.45) is 11.8 Å². The second-order valence-corrected chi connectivity index (χ2v) is 10.9. The summed E-state index contributed by atoms with van der Waals surface area (Å²) in [5.41, 5.74) is 8.73. The van der Waals surface area contributed by atoms with Crippen molar-refractivity contribution >= 4 is 22.5 Å². The number of amides is 1. The fourth-order valence-electron chi connectivity index (χ4n) is 6.05. The lowest BCUT2D eigenvalue weighted by atomic mass is 9.73. The van der Waals surface area contributed by atoms with E-state index in [4.69, 9.17) is 10.5 Å². The number of ether oxygens (including phenoxy) is 1. The van der Waals surface area contributed by atoms with Crippen molar-refractivity contribution in [1.82, 2.24) is 20.1 Å². The molecule has 1 unspecified atom stereocenters. The Morgan fingerprint density at radius 2 is 2.00 bits per heavy atom. The van der Waals surface area contributed by atoms with Crippen LogP contribution in [0.25, 0.3) is 10.9 Å². The molecule has 4 N–H and O–H groups in total. The fourth-order valence-corrected chi connectivity index (χ4v) is 6.05. The molecule has 0 saturated carbocycles. The Morgan fingerprint density at radius 1 is 1.24 bits per heavy atom. The highest BCUT2D eigenvalue weighted by molar-refractivity contribution is 5.94. The van der Waals surface area contributed by atoms with E-state index in [0.717, 1.165) is 61.4 Å². The van der Waals surface area contributed by atoms with E-state index < -0.39 is 6.10 Å². The zero-order valence-electron chi connectivity index (χ0n) is 24.6. The summed E-state index contributed by atoms with van der Waals surface area (Å²) in [4.78, 5) is 20.9. The molecule has 3 fully saturated rings. The van der Waals surface area contributed by atoms with Gasteiger partial charge in [0.2, 0.25) is 0 Å². The molecule has 3 aliphatic heterocycles. The molecular formula is C33H45N5O3. The SMILES string of the molecule is C=C[C@H]1CN2CC[C@H]1C[C@@H]2[C@@H](O)c1ccnc2ccc(OC)cc12.CCN(CC)CCNC(=O)c1ccc(N)cc1. The van der Waals surface area contributed by atoms with Gasteiger partial charge in [-0.1, -0.05) is 19.9 Å². The Bertz CT molecular complexity index is 1290.